The summed E-state index contributed by atoms with van der Waals surface area (Å²) in [6.45, 7) is -2.82. The largest absolute Gasteiger partial charge is 0.701 e. The van der Waals surface area contributed by atoms with Gasteiger partial charge in [-0.1, -0.05) is 0 Å². The second-order valence-corrected chi connectivity index (χ2v) is 5.25. The van der Waals surface area contributed by atoms with Gasteiger partial charge < -0.3 is 10.6 Å². The molecule has 0 aromatic carbocycles. The van der Waals surface area contributed by atoms with E-state index >= 15 is 0 Å². The fraction of sp³-hybridized carbons (Fsp3) is 0.750. The molecule has 2 N–H and O–H groups in total. The highest BCUT2D eigenvalue weighted by Gasteiger charge is 2.71. The molecule has 2 amide bonds. The number of carbonyl (C=O) groups excluding carboxylic acids is 2. The summed E-state index contributed by atoms with van der Waals surface area (Å²) in [6.07, 6.45) is -3.44. The van der Waals surface area contributed by atoms with Gasteiger partial charge in [0, 0.05) is 13.1 Å². The lowest BCUT2D eigenvalue weighted by atomic mass is 10.2. The standard InChI is InChI=1S/C8H10N8O14/c9-5(17)6(18)10(3-1-7(11(19)20,12(21)22)13(23)24)4-2-8(14(25)26,15(27)28)16(29)30/h1-4H2,(H2,9,17). The van der Waals surface area contributed by atoms with Gasteiger partial charge in [-0.2, -0.15) is 0 Å². The zero-order valence-corrected chi connectivity index (χ0v) is 14.3. The van der Waals surface area contributed by atoms with Crippen LogP contribution in [-0.2, 0) is 9.59 Å². The maximum Gasteiger partial charge on any atom is 0.701 e. The van der Waals surface area contributed by atoms with E-state index < -0.39 is 78.9 Å². The third kappa shape index (κ3) is 4.42. The van der Waals surface area contributed by atoms with Gasteiger partial charge in [0.1, 0.15) is 0 Å². The Bertz CT molecular complexity index is 697. The number of hydrogen-bond donors (Lipinski definition) is 1. The van der Waals surface area contributed by atoms with Gasteiger partial charge in [-0.15, -0.1) is 0 Å². The van der Waals surface area contributed by atoms with Gasteiger partial charge in [0.15, 0.2) is 42.4 Å². The summed E-state index contributed by atoms with van der Waals surface area (Å²) in [5, 5.41) is 65.2. The van der Waals surface area contributed by atoms with Crippen molar-refractivity contribution < 1.29 is 39.1 Å². The first-order valence-electron chi connectivity index (χ1n) is 7.04. The lowest BCUT2D eigenvalue weighted by Gasteiger charge is -2.21. The van der Waals surface area contributed by atoms with Crippen LogP contribution < -0.4 is 5.73 Å². The average molecular weight is 442 g/mol. The molecule has 0 saturated heterocycles. The van der Waals surface area contributed by atoms with Crippen LogP contribution in [0.4, 0.5) is 0 Å². The van der Waals surface area contributed by atoms with Crippen molar-refractivity contribution in [3.8, 4) is 0 Å². The fourth-order valence-electron chi connectivity index (χ4n) is 1.99. The number of hydrogen-bond acceptors (Lipinski definition) is 14. The summed E-state index contributed by atoms with van der Waals surface area (Å²) < 4.78 is 0. The second kappa shape index (κ2) is 9.02. The lowest BCUT2D eigenvalue weighted by Crippen LogP contribution is -2.57. The normalized spacial score (nSPS) is 11.2. The van der Waals surface area contributed by atoms with E-state index in [1.165, 1.54) is 0 Å². The minimum Gasteiger partial charge on any atom is -0.361 e. The Kier molecular flexibility index (Phi) is 7.62. The van der Waals surface area contributed by atoms with Crippen molar-refractivity contribution in [1.82, 2.24) is 4.90 Å². The third-order valence-electron chi connectivity index (χ3n) is 3.69. The highest BCUT2D eigenvalue weighted by atomic mass is 16.7. The quantitative estimate of drug-likeness (QED) is 0.137. The van der Waals surface area contributed by atoms with Crippen molar-refractivity contribution in [2.24, 2.45) is 5.73 Å². The zero-order chi connectivity index (χ0) is 24.0. The van der Waals surface area contributed by atoms with Gasteiger partial charge in [-0.25, -0.2) is 0 Å². The topological polar surface area (TPSA) is 322 Å². The van der Waals surface area contributed by atoms with Crippen molar-refractivity contribution >= 4 is 11.8 Å². The first-order chi connectivity index (χ1) is 13.6. The number of nitrogens with zero attached hydrogens (tertiary/aromatic N) is 7. The van der Waals surface area contributed by atoms with Crippen LogP contribution in [0.3, 0.4) is 0 Å². The van der Waals surface area contributed by atoms with Gasteiger partial charge in [0.2, 0.25) is 0 Å². The van der Waals surface area contributed by atoms with E-state index in [0.717, 1.165) is 0 Å². The lowest BCUT2D eigenvalue weighted by molar-refractivity contribution is -0.970. The third-order valence-corrected chi connectivity index (χ3v) is 3.69. The Hall–Kier alpha value is -4.66. The molecule has 0 rings (SSSR count). The number of nitrogens with two attached hydrogens (primary N) is 1. The number of primary amides is 1. The number of amides is 2. The van der Waals surface area contributed by atoms with Crippen LogP contribution in [0.25, 0.3) is 0 Å². The van der Waals surface area contributed by atoms with Crippen molar-refractivity contribution in [1.29, 1.82) is 0 Å². The molecule has 0 radical (unpaired) electrons. The SMILES string of the molecule is NC(=O)C(=O)N(CCC([N+](=O)[O-])([N+](=O)[O-])[N+](=O)[O-])CCC([N+](=O)[O-])([N+](=O)[O-])[N+](=O)[O-]. The van der Waals surface area contributed by atoms with Crippen LogP contribution in [0.15, 0.2) is 0 Å². The highest BCUT2D eigenvalue weighted by Crippen LogP contribution is 2.21. The molecular formula is C8H10N8O14. The summed E-state index contributed by atoms with van der Waals surface area (Å²) >= 11 is 0. The van der Waals surface area contributed by atoms with E-state index in [9.17, 15) is 70.3 Å². The molecule has 0 aliphatic heterocycles. The van der Waals surface area contributed by atoms with Gasteiger partial charge >= 0.3 is 23.4 Å². The molecule has 0 aromatic heterocycles. The van der Waals surface area contributed by atoms with Crippen molar-refractivity contribution in [3.63, 3.8) is 0 Å². The molecule has 22 nitrogen and oxygen atoms in total. The number of nitro groups is 6. The van der Waals surface area contributed by atoms with Gasteiger partial charge in [-0.05, 0) is 0 Å². The maximum absolute atomic E-state index is 11.7. The molecule has 0 atom stereocenters. The molecule has 30 heavy (non-hydrogen) atoms. The smallest absolute Gasteiger partial charge is 0.361 e. The van der Waals surface area contributed by atoms with Crippen LogP contribution in [0, 0.1) is 60.7 Å². The number of rotatable bonds is 12. The van der Waals surface area contributed by atoms with E-state index in [1.54, 1.807) is 0 Å². The Balaban J connectivity index is 6.02. The second-order valence-electron chi connectivity index (χ2n) is 5.25. The minimum atomic E-state index is -4.12. The average Bonchev–Trinajstić information content (AvgIpc) is 2.58. The van der Waals surface area contributed by atoms with Crippen LogP contribution in [0.5, 0.6) is 0 Å². The summed E-state index contributed by atoms with van der Waals surface area (Å²) in [6, 6.07) is 0. The van der Waals surface area contributed by atoms with Crippen molar-refractivity contribution in [2.75, 3.05) is 13.1 Å². The fourth-order valence-corrected chi connectivity index (χ4v) is 1.99. The molecule has 0 heterocycles. The predicted molar refractivity (Wildman–Crippen MR) is 82.4 cm³/mol. The summed E-state index contributed by atoms with van der Waals surface area (Å²) in [5.74, 6) is -12.0. The summed E-state index contributed by atoms with van der Waals surface area (Å²) in [5.41, 5.74) is 4.64. The molecule has 0 unspecified atom stereocenters. The van der Waals surface area contributed by atoms with E-state index in [2.05, 4.69) is 5.73 Å². The molecule has 0 spiro atoms. The van der Waals surface area contributed by atoms with Gasteiger partial charge in [0.25, 0.3) is 0 Å². The molecular weight excluding hydrogens is 432 g/mol. The van der Waals surface area contributed by atoms with Gasteiger partial charge in [0.05, 0.1) is 0 Å². The molecule has 166 valence electrons. The zero-order valence-electron chi connectivity index (χ0n) is 14.3. The van der Waals surface area contributed by atoms with Gasteiger partial charge in [-0.3, -0.25) is 70.3 Å². The Morgan fingerprint density at radius 1 is 0.633 bits per heavy atom. The van der Waals surface area contributed by atoms with E-state index in [-0.39, 0.29) is 4.90 Å². The van der Waals surface area contributed by atoms with Crippen LogP contribution in [-0.4, -0.2) is 70.9 Å². The molecule has 0 saturated carbocycles. The molecule has 22 heteroatoms. The molecule has 0 aliphatic rings. The summed E-state index contributed by atoms with van der Waals surface area (Å²) in [4.78, 5) is 76.2. The monoisotopic (exact) mass is 442 g/mol. The highest BCUT2D eigenvalue weighted by molar-refractivity contribution is 6.34. The first kappa shape index (κ1) is 25.3. The molecule has 0 fully saturated rings. The minimum absolute atomic E-state index is 0.0845. The maximum atomic E-state index is 11.7. The Labute approximate surface area is 161 Å². The first-order valence-corrected chi connectivity index (χ1v) is 7.04. The number of carbonyl (C=O) groups is 2. The van der Waals surface area contributed by atoms with Crippen LogP contribution in [0.2, 0.25) is 0 Å². The molecule has 0 bridgehead atoms. The molecule has 0 aromatic rings. The van der Waals surface area contributed by atoms with E-state index in [4.69, 9.17) is 0 Å². The van der Waals surface area contributed by atoms with Crippen molar-refractivity contribution in [3.05, 3.63) is 60.7 Å². The Morgan fingerprint density at radius 3 is 1.03 bits per heavy atom. The summed E-state index contributed by atoms with van der Waals surface area (Å²) in [7, 11) is 0. The van der Waals surface area contributed by atoms with Crippen LogP contribution in [0.1, 0.15) is 12.8 Å². The van der Waals surface area contributed by atoms with E-state index in [0.29, 0.717) is 0 Å². The molecule has 0 aliphatic carbocycles. The Morgan fingerprint density at radius 2 is 0.867 bits per heavy atom. The van der Waals surface area contributed by atoms with E-state index in [1.807, 2.05) is 0 Å². The predicted octanol–water partition coefficient (Wildman–Crippen LogP) is -2.95. The van der Waals surface area contributed by atoms with Crippen LogP contribution >= 0.6 is 0 Å². The van der Waals surface area contributed by atoms with Crippen molar-refractivity contribution in [2.45, 2.75) is 24.4 Å².